The first kappa shape index (κ1) is 23.0. The summed E-state index contributed by atoms with van der Waals surface area (Å²) < 4.78 is 59.8. The molecule has 0 bridgehead atoms. The van der Waals surface area contributed by atoms with Crippen LogP contribution >= 0.6 is 11.6 Å². The van der Waals surface area contributed by atoms with Crippen LogP contribution < -0.4 is 15.8 Å². The van der Waals surface area contributed by atoms with Gasteiger partial charge in [0.05, 0.1) is 11.1 Å². The average molecular weight is 468 g/mol. The number of anilines is 1. The smallest absolute Gasteiger partial charge is 0.416 e. The number of hydrogen-bond donors (Lipinski definition) is 2. The van der Waals surface area contributed by atoms with Crippen molar-refractivity contribution < 1.29 is 31.9 Å². The molecule has 11 heteroatoms. The van der Waals surface area contributed by atoms with Crippen molar-refractivity contribution in [2.24, 2.45) is 5.73 Å². The van der Waals surface area contributed by atoms with Gasteiger partial charge in [-0.15, -0.1) is 0 Å². The van der Waals surface area contributed by atoms with Crippen LogP contribution in [0, 0.1) is 12.7 Å². The van der Waals surface area contributed by atoms with Gasteiger partial charge in [0.2, 0.25) is 0 Å². The van der Waals surface area contributed by atoms with Crippen LogP contribution in [0.5, 0.6) is 11.5 Å². The van der Waals surface area contributed by atoms with Crippen LogP contribution in [0.2, 0.25) is 5.02 Å². The minimum absolute atomic E-state index is 0.0548. The molecule has 2 amide bonds. The molecule has 0 saturated heterocycles. The predicted molar refractivity (Wildman–Crippen MR) is 108 cm³/mol. The lowest BCUT2D eigenvalue weighted by atomic mass is 10.00. The molecule has 1 aromatic heterocycles. The Bertz CT molecular complexity index is 1220. The van der Waals surface area contributed by atoms with Crippen molar-refractivity contribution in [3.8, 4) is 11.5 Å². The van der Waals surface area contributed by atoms with E-state index in [9.17, 15) is 27.2 Å². The molecule has 2 aromatic carbocycles. The molecule has 166 valence electrons. The minimum Gasteiger partial charge on any atom is -0.453 e. The van der Waals surface area contributed by atoms with E-state index in [-0.39, 0.29) is 27.9 Å². The largest absolute Gasteiger partial charge is 0.453 e. The van der Waals surface area contributed by atoms with E-state index in [1.807, 2.05) is 0 Å². The van der Waals surface area contributed by atoms with Gasteiger partial charge in [-0.2, -0.15) is 13.2 Å². The summed E-state index contributed by atoms with van der Waals surface area (Å²) in [4.78, 5) is 27.9. The van der Waals surface area contributed by atoms with Gasteiger partial charge in [0, 0.05) is 16.9 Å². The molecule has 0 unspecified atom stereocenters. The molecule has 32 heavy (non-hydrogen) atoms. The van der Waals surface area contributed by atoms with Crippen LogP contribution in [0.1, 0.15) is 32.0 Å². The zero-order valence-electron chi connectivity index (χ0n) is 16.3. The Balaban J connectivity index is 2.07. The molecule has 0 spiro atoms. The standard InChI is InChI=1S/C21H14ClF4N3O3/c1-10-13(21(24,25)26)3-5-17(32-16-4-2-11(22)8-14(16)23)18(10)20(31)29-12-6-7-28-15(9-12)19(27)30/h2-9H,1H3,(H2,27,30)(H,28,29,31). The Morgan fingerprint density at radius 3 is 2.41 bits per heavy atom. The molecule has 3 N–H and O–H groups in total. The topological polar surface area (TPSA) is 94.3 Å². The number of halogens is 5. The van der Waals surface area contributed by atoms with Crippen molar-refractivity contribution in [1.29, 1.82) is 0 Å². The van der Waals surface area contributed by atoms with Crippen LogP contribution in [-0.4, -0.2) is 16.8 Å². The van der Waals surface area contributed by atoms with E-state index >= 15 is 0 Å². The predicted octanol–water partition coefficient (Wildman–Crippen LogP) is 5.34. The Morgan fingerprint density at radius 2 is 1.78 bits per heavy atom. The second-order valence-electron chi connectivity index (χ2n) is 6.53. The van der Waals surface area contributed by atoms with E-state index in [4.69, 9.17) is 22.1 Å². The highest BCUT2D eigenvalue weighted by Gasteiger charge is 2.35. The van der Waals surface area contributed by atoms with Gasteiger partial charge >= 0.3 is 6.18 Å². The molecule has 3 rings (SSSR count). The lowest BCUT2D eigenvalue weighted by Gasteiger charge is -2.18. The highest BCUT2D eigenvalue weighted by atomic mass is 35.5. The fraction of sp³-hybridized carbons (Fsp3) is 0.0952. The lowest BCUT2D eigenvalue weighted by Crippen LogP contribution is -2.19. The first-order valence-corrected chi connectivity index (χ1v) is 9.26. The molecule has 0 radical (unpaired) electrons. The van der Waals surface area contributed by atoms with Crippen molar-refractivity contribution in [1.82, 2.24) is 4.98 Å². The SMILES string of the molecule is Cc1c(C(F)(F)F)ccc(Oc2ccc(Cl)cc2F)c1C(=O)Nc1ccnc(C(N)=O)c1. The number of carbonyl (C=O) groups is 2. The van der Waals surface area contributed by atoms with E-state index in [1.165, 1.54) is 24.4 Å². The van der Waals surface area contributed by atoms with Gasteiger partial charge in [-0.05, 0) is 55.0 Å². The van der Waals surface area contributed by atoms with Crippen molar-refractivity contribution in [3.05, 3.63) is 81.9 Å². The number of nitrogens with zero attached hydrogens (tertiary/aromatic N) is 1. The number of carbonyl (C=O) groups excluding carboxylic acids is 2. The second-order valence-corrected chi connectivity index (χ2v) is 6.97. The van der Waals surface area contributed by atoms with Gasteiger partial charge in [-0.1, -0.05) is 11.6 Å². The van der Waals surface area contributed by atoms with Crippen LogP contribution in [0.3, 0.4) is 0 Å². The maximum Gasteiger partial charge on any atom is 0.416 e. The van der Waals surface area contributed by atoms with Gasteiger partial charge in [-0.3, -0.25) is 14.6 Å². The molecule has 6 nitrogen and oxygen atoms in total. The van der Waals surface area contributed by atoms with Gasteiger partial charge < -0.3 is 15.8 Å². The summed E-state index contributed by atoms with van der Waals surface area (Å²) in [7, 11) is 0. The molecular formula is C21H14ClF4N3O3. The fourth-order valence-electron chi connectivity index (χ4n) is 2.87. The molecule has 3 aromatic rings. The molecule has 0 atom stereocenters. The number of alkyl halides is 3. The Kier molecular flexibility index (Phi) is 6.35. The Hall–Kier alpha value is -3.66. The number of rotatable bonds is 5. The number of benzene rings is 2. The number of ether oxygens (including phenoxy) is 1. The number of amides is 2. The zero-order chi connectivity index (χ0) is 23.6. The van der Waals surface area contributed by atoms with Crippen LogP contribution in [0.25, 0.3) is 0 Å². The summed E-state index contributed by atoms with van der Waals surface area (Å²) in [5.74, 6) is -3.39. The second kappa shape index (κ2) is 8.83. The summed E-state index contributed by atoms with van der Waals surface area (Å²) in [6.07, 6.45) is -3.56. The van der Waals surface area contributed by atoms with Crippen molar-refractivity contribution in [2.75, 3.05) is 5.32 Å². The first-order chi connectivity index (χ1) is 15.0. The van der Waals surface area contributed by atoms with E-state index < -0.39 is 40.5 Å². The van der Waals surface area contributed by atoms with Crippen molar-refractivity contribution >= 4 is 29.1 Å². The van der Waals surface area contributed by atoms with Crippen molar-refractivity contribution in [3.63, 3.8) is 0 Å². The number of aromatic nitrogens is 1. The van der Waals surface area contributed by atoms with Gasteiger partial charge in [0.1, 0.15) is 11.4 Å². The Morgan fingerprint density at radius 1 is 1.09 bits per heavy atom. The third-order valence-electron chi connectivity index (χ3n) is 4.34. The van der Waals surface area contributed by atoms with E-state index in [1.54, 1.807) is 0 Å². The summed E-state index contributed by atoms with van der Waals surface area (Å²) in [6, 6.07) is 7.56. The zero-order valence-corrected chi connectivity index (χ0v) is 17.0. The van der Waals surface area contributed by atoms with Gasteiger partial charge in [-0.25, -0.2) is 4.39 Å². The summed E-state index contributed by atoms with van der Waals surface area (Å²) >= 11 is 5.70. The summed E-state index contributed by atoms with van der Waals surface area (Å²) in [6.45, 7) is 1.09. The van der Waals surface area contributed by atoms with Crippen molar-refractivity contribution in [2.45, 2.75) is 13.1 Å². The van der Waals surface area contributed by atoms with E-state index in [2.05, 4.69) is 10.3 Å². The maximum absolute atomic E-state index is 14.2. The summed E-state index contributed by atoms with van der Waals surface area (Å²) in [5, 5.41) is 2.46. The molecular weight excluding hydrogens is 454 g/mol. The van der Waals surface area contributed by atoms with Gasteiger partial charge in [0.25, 0.3) is 11.8 Å². The highest BCUT2D eigenvalue weighted by molar-refractivity contribution is 6.30. The normalized spacial score (nSPS) is 11.2. The highest BCUT2D eigenvalue weighted by Crippen LogP contribution is 2.38. The van der Waals surface area contributed by atoms with Gasteiger partial charge in [0.15, 0.2) is 11.6 Å². The quantitative estimate of drug-likeness (QED) is 0.495. The molecule has 1 heterocycles. The molecule has 0 aliphatic heterocycles. The first-order valence-electron chi connectivity index (χ1n) is 8.88. The summed E-state index contributed by atoms with van der Waals surface area (Å²) in [5.41, 5.74) is 3.05. The lowest BCUT2D eigenvalue weighted by molar-refractivity contribution is -0.138. The van der Waals surface area contributed by atoms with Crippen LogP contribution in [0.4, 0.5) is 23.2 Å². The fourth-order valence-corrected chi connectivity index (χ4v) is 3.03. The minimum atomic E-state index is -4.75. The van der Waals surface area contributed by atoms with E-state index in [0.717, 1.165) is 31.2 Å². The van der Waals surface area contributed by atoms with E-state index in [0.29, 0.717) is 0 Å². The molecule has 0 saturated carbocycles. The average Bonchev–Trinajstić information content (AvgIpc) is 2.69. The number of nitrogens with one attached hydrogen (secondary N) is 1. The van der Waals surface area contributed by atoms with Crippen LogP contribution in [-0.2, 0) is 6.18 Å². The number of hydrogen-bond acceptors (Lipinski definition) is 4. The molecule has 0 fully saturated rings. The van der Waals surface area contributed by atoms with Crippen LogP contribution in [0.15, 0.2) is 48.7 Å². The molecule has 0 aliphatic carbocycles. The Labute approximate surface area is 184 Å². The number of primary amides is 1. The third-order valence-corrected chi connectivity index (χ3v) is 4.58. The third kappa shape index (κ3) is 4.97. The monoisotopic (exact) mass is 467 g/mol. The number of nitrogens with two attached hydrogens (primary N) is 1. The maximum atomic E-state index is 14.2. The number of pyridine rings is 1. The molecule has 0 aliphatic rings.